The Morgan fingerprint density at radius 1 is 1.39 bits per heavy atom. The van der Waals surface area contributed by atoms with Gasteiger partial charge in [0, 0.05) is 18.3 Å². The topological polar surface area (TPSA) is 87.0 Å². The summed E-state index contributed by atoms with van der Waals surface area (Å²) >= 11 is 6.93. The average Bonchev–Trinajstić information content (AvgIpc) is 3.02. The van der Waals surface area contributed by atoms with Gasteiger partial charge in [-0.25, -0.2) is 14.8 Å². The van der Waals surface area contributed by atoms with Crippen molar-refractivity contribution in [3.05, 3.63) is 35.4 Å². The number of carbonyl (C=O) groups excluding carboxylic acids is 2. The van der Waals surface area contributed by atoms with E-state index in [-0.39, 0.29) is 17.9 Å². The number of halogens is 1. The third kappa shape index (κ3) is 4.08. The first-order valence-electron chi connectivity index (χ1n) is 6.82. The third-order valence-corrected chi connectivity index (χ3v) is 3.60. The Balaban J connectivity index is 2.41. The maximum Gasteiger partial charge on any atom is 0.342 e. The number of esters is 1. The smallest absolute Gasteiger partial charge is 0.342 e. The van der Waals surface area contributed by atoms with E-state index < -0.39 is 11.8 Å². The molecule has 9 heteroatoms. The van der Waals surface area contributed by atoms with Crippen LogP contribution in [0, 0.1) is 0 Å². The van der Waals surface area contributed by atoms with Gasteiger partial charge in [-0.05, 0) is 13.2 Å². The van der Waals surface area contributed by atoms with Crippen LogP contribution in [-0.4, -0.2) is 50.2 Å². The van der Waals surface area contributed by atoms with E-state index in [1.807, 2.05) is 0 Å². The van der Waals surface area contributed by atoms with E-state index in [2.05, 4.69) is 15.1 Å². The maximum atomic E-state index is 12.7. The van der Waals surface area contributed by atoms with Crippen LogP contribution in [0.2, 0.25) is 0 Å². The average molecular weight is 355 g/mol. The van der Waals surface area contributed by atoms with Crippen LogP contribution in [-0.2, 0) is 11.3 Å². The number of nitrogens with zero attached hydrogens (tertiary/aromatic N) is 4. The zero-order chi connectivity index (χ0) is 16.8. The summed E-state index contributed by atoms with van der Waals surface area (Å²) in [6.45, 7) is 2.37. The number of thioether (sulfide) groups is 1. The molecule has 0 fully saturated rings. The molecule has 0 saturated carbocycles. The van der Waals surface area contributed by atoms with E-state index >= 15 is 0 Å². The molecule has 0 aromatic carbocycles. The van der Waals surface area contributed by atoms with Crippen LogP contribution in [0.3, 0.4) is 0 Å². The number of aromatic nitrogens is 4. The number of carbonyl (C=O) groups is 2. The molecule has 7 nitrogen and oxygen atoms in total. The zero-order valence-electron chi connectivity index (χ0n) is 12.7. The van der Waals surface area contributed by atoms with Crippen molar-refractivity contribution in [1.29, 1.82) is 0 Å². The summed E-state index contributed by atoms with van der Waals surface area (Å²) in [5.41, 5.74) is 0.374. The van der Waals surface area contributed by atoms with E-state index in [0.29, 0.717) is 23.1 Å². The lowest BCUT2D eigenvalue weighted by atomic mass is 10.1. The molecule has 2 aromatic rings. The van der Waals surface area contributed by atoms with Gasteiger partial charge in [0.05, 0.1) is 24.9 Å². The van der Waals surface area contributed by atoms with Gasteiger partial charge in [0.1, 0.15) is 11.3 Å². The Labute approximate surface area is 142 Å². The standard InChI is InChI=1S/C14H15ClN4O3S/c1-3-22-13(21)10-7-16-14(23-2)18-11(10)12(20)9-6-17-19(8-9)5-4-15/h6-8H,3-5H2,1-2H3. The Bertz CT molecular complexity index is 720. The minimum Gasteiger partial charge on any atom is -0.462 e. The second-order valence-corrected chi connectivity index (χ2v) is 5.50. The molecular formula is C14H15ClN4O3S. The first-order valence-corrected chi connectivity index (χ1v) is 8.57. The Kier molecular flexibility index (Phi) is 6.12. The zero-order valence-corrected chi connectivity index (χ0v) is 14.2. The lowest BCUT2D eigenvalue weighted by molar-refractivity contribution is 0.0522. The molecule has 2 rings (SSSR count). The van der Waals surface area contributed by atoms with Crippen molar-refractivity contribution in [2.24, 2.45) is 0 Å². The van der Waals surface area contributed by atoms with Crippen LogP contribution in [0.5, 0.6) is 0 Å². The molecule has 122 valence electrons. The first-order chi connectivity index (χ1) is 11.1. The Hall–Kier alpha value is -1.93. The molecule has 0 N–H and O–H groups in total. The number of hydrogen-bond acceptors (Lipinski definition) is 7. The number of hydrogen-bond donors (Lipinski definition) is 0. The van der Waals surface area contributed by atoms with Crippen LogP contribution in [0.1, 0.15) is 33.3 Å². The minimum absolute atomic E-state index is 0.00761. The van der Waals surface area contributed by atoms with Crippen LogP contribution in [0.15, 0.2) is 23.7 Å². The maximum absolute atomic E-state index is 12.7. The monoisotopic (exact) mass is 354 g/mol. The molecule has 0 aliphatic carbocycles. The van der Waals surface area contributed by atoms with Gasteiger partial charge >= 0.3 is 5.97 Å². The second kappa shape index (κ2) is 8.07. The van der Waals surface area contributed by atoms with Crippen LogP contribution in [0.4, 0.5) is 0 Å². The van der Waals surface area contributed by atoms with E-state index in [1.54, 1.807) is 24.1 Å². The third-order valence-electron chi connectivity index (χ3n) is 2.87. The normalized spacial score (nSPS) is 10.6. The highest BCUT2D eigenvalue weighted by molar-refractivity contribution is 7.98. The van der Waals surface area contributed by atoms with Gasteiger partial charge in [0.2, 0.25) is 5.78 Å². The van der Waals surface area contributed by atoms with Gasteiger partial charge in [-0.3, -0.25) is 9.48 Å². The molecule has 0 amide bonds. The predicted octanol–water partition coefficient (Wildman–Crippen LogP) is 2.04. The van der Waals surface area contributed by atoms with E-state index in [4.69, 9.17) is 16.3 Å². The molecule has 2 heterocycles. The number of rotatable bonds is 7. The van der Waals surface area contributed by atoms with Gasteiger partial charge in [0.15, 0.2) is 5.16 Å². The fourth-order valence-corrected chi connectivity index (χ4v) is 2.34. The fraction of sp³-hybridized carbons (Fsp3) is 0.357. The van der Waals surface area contributed by atoms with Crippen molar-refractivity contribution in [2.45, 2.75) is 18.6 Å². The SMILES string of the molecule is CCOC(=O)c1cnc(SC)nc1C(=O)c1cnn(CCCl)c1. The molecule has 0 spiro atoms. The molecule has 0 unspecified atom stereocenters. The van der Waals surface area contributed by atoms with Crippen molar-refractivity contribution >= 4 is 35.1 Å². The number of ketones is 1. The highest BCUT2D eigenvalue weighted by Gasteiger charge is 2.23. The van der Waals surface area contributed by atoms with Crippen LogP contribution < -0.4 is 0 Å². The van der Waals surface area contributed by atoms with Crippen molar-refractivity contribution in [2.75, 3.05) is 18.7 Å². The molecular weight excluding hydrogens is 340 g/mol. The number of aryl methyl sites for hydroxylation is 1. The molecule has 0 radical (unpaired) electrons. The number of alkyl halides is 1. The molecule has 0 saturated heterocycles. The molecule has 0 aliphatic heterocycles. The van der Waals surface area contributed by atoms with Crippen molar-refractivity contribution in [3.8, 4) is 0 Å². The summed E-state index contributed by atoms with van der Waals surface area (Å²) in [4.78, 5) is 32.9. The molecule has 0 bridgehead atoms. The predicted molar refractivity (Wildman–Crippen MR) is 86.1 cm³/mol. The summed E-state index contributed by atoms with van der Waals surface area (Å²) in [7, 11) is 0. The largest absolute Gasteiger partial charge is 0.462 e. The lowest BCUT2D eigenvalue weighted by Crippen LogP contribution is -2.15. The summed E-state index contributed by atoms with van der Waals surface area (Å²) in [5.74, 6) is -0.656. The highest BCUT2D eigenvalue weighted by atomic mass is 35.5. The van der Waals surface area contributed by atoms with Crippen LogP contribution in [0.25, 0.3) is 0 Å². The van der Waals surface area contributed by atoms with Gasteiger partial charge in [-0.1, -0.05) is 11.8 Å². The Morgan fingerprint density at radius 2 is 2.17 bits per heavy atom. The van der Waals surface area contributed by atoms with E-state index in [0.717, 1.165) is 0 Å². The quantitative estimate of drug-likeness (QED) is 0.247. The fourth-order valence-electron chi connectivity index (χ4n) is 1.82. The lowest BCUT2D eigenvalue weighted by Gasteiger charge is -2.07. The Morgan fingerprint density at radius 3 is 2.83 bits per heavy atom. The molecule has 0 aliphatic rings. The van der Waals surface area contributed by atoms with Gasteiger partial charge in [-0.15, -0.1) is 11.6 Å². The molecule has 2 aromatic heterocycles. The van der Waals surface area contributed by atoms with Crippen LogP contribution >= 0.6 is 23.4 Å². The summed E-state index contributed by atoms with van der Waals surface area (Å²) in [5, 5.41) is 4.45. The summed E-state index contributed by atoms with van der Waals surface area (Å²) in [6.07, 6.45) is 6.09. The van der Waals surface area contributed by atoms with Crippen molar-refractivity contribution in [3.63, 3.8) is 0 Å². The first kappa shape index (κ1) is 17.4. The van der Waals surface area contributed by atoms with E-state index in [9.17, 15) is 9.59 Å². The summed E-state index contributed by atoms with van der Waals surface area (Å²) < 4.78 is 6.51. The van der Waals surface area contributed by atoms with Gasteiger partial charge in [-0.2, -0.15) is 5.10 Å². The molecule has 23 heavy (non-hydrogen) atoms. The number of ether oxygens (including phenoxy) is 1. The van der Waals surface area contributed by atoms with Gasteiger partial charge < -0.3 is 4.74 Å². The van der Waals surface area contributed by atoms with E-state index in [1.165, 1.54) is 24.2 Å². The van der Waals surface area contributed by atoms with Gasteiger partial charge in [0.25, 0.3) is 0 Å². The minimum atomic E-state index is -0.628. The van der Waals surface area contributed by atoms with Crippen molar-refractivity contribution in [1.82, 2.24) is 19.7 Å². The summed E-state index contributed by atoms with van der Waals surface area (Å²) in [6, 6.07) is 0. The molecule has 0 atom stereocenters. The highest BCUT2D eigenvalue weighted by Crippen LogP contribution is 2.17. The van der Waals surface area contributed by atoms with Crippen molar-refractivity contribution < 1.29 is 14.3 Å². The second-order valence-electron chi connectivity index (χ2n) is 4.35.